The number of nitrogens with zero attached hydrogens (tertiary/aromatic N) is 1. The largest absolute Gasteiger partial charge is 0.478 e. The van der Waals surface area contributed by atoms with E-state index < -0.39 is 10.9 Å². The third-order valence-corrected chi connectivity index (χ3v) is 1.81. The Bertz CT molecular complexity index is 380. The van der Waals surface area contributed by atoms with Crippen molar-refractivity contribution in [3.8, 4) is 0 Å². The summed E-state index contributed by atoms with van der Waals surface area (Å²) in [6.45, 7) is 2.90. The molecule has 0 saturated heterocycles. The Kier molecular flexibility index (Phi) is 2.05. The summed E-state index contributed by atoms with van der Waals surface area (Å²) in [4.78, 5) is 22.8. The molecule has 13 heavy (non-hydrogen) atoms. The number of hydrogen-bond acceptors (Lipinski definition) is 3. The first-order chi connectivity index (χ1) is 5.95. The van der Waals surface area contributed by atoms with Crippen molar-refractivity contribution in [3.05, 3.63) is 26.9 Å². The standard InChI is InChI=1S/C7H8N2O4/c1-3-5(7(10)11)4(2)8-6(3)9(12)13/h8H,1-2H3,(H,10,11). The van der Waals surface area contributed by atoms with E-state index in [9.17, 15) is 14.9 Å². The van der Waals surface area contributed by atoms with Crippen LogP contribution >= 0.6 is 0 Å². The summed E-state index contributed by atoms with van der Waals surface area (Å²) in [5.41, 5.74) is 0.443. The number of rotatable bonds is 2. The van der Waals surface area contributed by atoms with Crippen LogP contribution in [0.4, 0.5) is 5.82 Å². The third kappa shape index (κ3) is 1.37. The van der Waals surface area contributed by atoms with Gasteiger partial charge in [0.15, 0.2) is 0 Å². The van der Waals surface area contributed by atoms with E-state index in [0.29, 0.717) is 5.69 Å². The second kappa shape index (κ2) is 2.89. The van der Waals surface area contributed by atoms with E-state index in [-0.39, 0.29) is 16.9 Å². The number of nitrogens with one attached hydrogen (secondary N) is 1. The minimum absolute atomic E-state index is 0.0216. The highest BCUT2D eigenvalue weighted by molar-refractivity contribution is 5.92. The molecule has 0 atom stereocenters. The molecule has 6 heteroatoms. The summed E-state index contributed by atoms with van der Waals surface area (Å²) in [5, 5.41) is 19.1. The quantitative estimate of drug-likeness (QED) is 0.533. The number of H-pyrrole nitrogens is 1. The van der Waals surface area contributed by atoms with Crippen molar-refractivity contribution in [1.29, 1.82) is 0 Å². The van der Waals surface area contributed by atoms with E-state index in [0.717, 1.165) is 0 Å². The minimum Gasteiger partial charge on any atom is -0.478 e. The van der Waals surface area contributed by atoms with Gasteiger partial charge in [-0.2, -0.15) is 0 Å². The Morgan fingerprint density at radius 3 is 2.31 bits per heavy atom. The van der Waals surface area contributed by atoms with Crippen molar-refractivity contribution in [2.45, 2.75) is 13.8 Å². The van der Waals surface area contributed by atoms with Gasteiger partial charge < -0.3 is 15.2 Å². The maximum Gasteiger partial charge on any atom is 0.340 e. The predicted molar refractivity (Wildman–Crippen MR) is 43.9 cm³/mol. The van der Waals surface area contributed by atoms with Crippen LogP contribution in [0.25, 0.3) is 0 Å². The average Bonchev–Trinajstić information content (AvgIpc) is 2.26. The molecular weight excluding hydrogens is 176 g/mol. The molecule has 1 heterocycles. The monoisotopic (exact) mass is 184 g/mol. The first-order valence-electron chi connectivity index (χ1n) is 3.52. The zero-order valence-corrected chi connectivity index (χ0v) is 7.12. The molecule has 0 spiro atoms. The van der Waals surface area contributed by atoms with Gasteiger partial charge in [0.1, 0.15) is 11.3 Å². The van der Waals surface area contributed by atoms with E-state index in [4.69, 9.17) is 5.11 Å². The Morgan fingerprint density at radius 1 is 1.54 bits per heavy atom. The van der Waals surface area contributed by atoms with E-state index in [1.54, 1.807) is 0 Å². The summed E-state index contributed by atoms with van der Waals surface area (Å²) in [7, 11) is 0. The number of aromatic carboxylic acids is 1. The highest BCUT2D eigenvalue weighted by Crippen LogP contribution is 2.23. The van der Waals surface area contributed by atoms with Crippen LogP contribution in [-0.4, -0.2) is 21.0 Å². The molecule has 0 aliphatic heterocycles. The van der Waals surface area contributed by atoms with Gasteiger partial charge in [-0.15, -0.1) is 0 Å². The lowest BCUT2D eigenvalue weighted by Gasteiger charge is -1.92. The molecule has 0 fully saturated rings. The van der Waals surface area contributed by atoms with Gasteiger partial charge in [-0.3, -0.25) is 0 Å². The van der Waals surface area contributed by atoms with Gasteiger partial charge >= 0.3 is 11.8 Å². The third-order valence-electron chi connectivity index (χ3n) is 1.81. The van der Waals surface area contributed by atoms with E-state index in [2.05, 4.69) is 4.98 Å². The highest BCUT2D eigenvalue weighted by atomic mass is 16.6. The summed E-state index contributed by atoms with van der Waals surface area (Å²) in [5.74, 6) is -1.41. The molecule has 1 aromatic rings. The molecule has 0 bridgehead atoms. The van der Waals surface area contributed by atoms with Crippen LogP contribution in [0.1, 0.15) is 21.6 Å². The molecule has 0 saturated carbocycles. The van der Waals surface area contributed by atoms with Gasteiger partial charge in [-0.25, -0.2) is 9.78 Å². The van der Waals surface area contributed by atoms with Crippen LogP contribution < -0.4 is 0 Å². The van der Waals surface area contributed by atoms with Gasteiger partial charge in [0.25, 0.3) is 0 Å². The molecule has 6 nitrogen and oxygen atoms in total. The predicted octanol–water partition coefficient (Wildman–Crippen LogP) is 1.24. The number of aromatic amines is 1. The van der Waals surface area contributed by atoms with Gasteiger partial charge in [0, 0.05) is 0 Å². The zero-order valence-electron chi connectivity index (χ0n) is 7.12. The van der Waals surface area contributed by atoms with Gasteiger partial charge in [-0.05, 0) is 18.8 Å². The van der Waals surface area contributed by atoms with Crippen molar-refractivity contribution in [2.75, 3.05) is 0 Å². The Balaban J connectivity index is 3.39. The lowest BCUT2D eigenvalue weighted by molar-refractivity contribution is -0.389. The van der Waals surface area contributed by atoms with Crippen LogP contribution in [0, 0.1) is 24.0 Å². The molecule has 0 radical (unpaired) electrons. The molecule has 0 amide bonds. The summed E-state index contributed by atoms with van der Waals surface area (Å²) in [6.07, 6.45) is 0. The molecule has 1 aromatic heterocycles. The first-order valence-corrected chi connectivity index (χ1v) is 3.52. The van der Waals surface area contributed by atoms with E-state index in [1.807, 2.05) is 0 Å². The number of aryl methyl sites for hydroxylation is 1. The summed E-state index contributed by atoms with van der Waals surface area (Å²) < 4.78 is 0. The number of carboxylic acids is 1. The van der Waals surface area contributed by atoms with Crippen LogP contribution in [-0.2, 0) is 0 Å². The van der Waals surface area contributed by atoms with E-state index in [1.165, 1.54) is 13.8 Å². The smallest absolute Gasteiger partial charge is 0.340 e. The molecule has 0 aliphatic rings. The molecule has 0 unspecified atom stereocenters. The minimum atomic E-state index is -1.15. The molecule has 0 aromatic carbocycles. The second-order valence-electron chi connectivity index (χ2n) is 2.66. The van der Waals surface area contributed by atoms with Crippen molar-refractivity contribution < 1.29 is 14.8 Å². The van der Waals surface area contributed by atoms with Crippen molar-refractivity contribution in [3.63, 3.8) is 0 Å². The Hall–Kier alpha value is -1.85. The van der Waals surface area contributed by atoms with Crippen molar-refractivity contribution >= 4 is 11.8 Å². The molecule has 1 rings (SSSR count). The topological polar surface area (TPSA) is 96.2 Å². The number of nitro groups is 1. The normalized spacial score (nSPS) is 10.0. The van der Waals surface area contributed by atoms with Crippen LogP contribution in [0.5, 0.6) is 0 Å². The molecule has 0 aliphatic carbocycles. The zero-order chi connectivity index (χ0) is 10.2. The number of carboxylic acid groups (broad SMARTS) is 1. The first kappa shape index (κ1) is 9.24. The van der Waals surface area contributed by atoms with Gasteiger partial charge in [0.05, 0.1) is 5.56 Å². The fraction of sp³-hybridized carbons (Fsp3) is 0.286. The lowest BCUT2D eigenvalue weighted by Crippen LogP contribution is -1.99. The number of aromatic nitrogens is 1. The highest BCUT2D eigenvalue weighted by Gasteiger charge is 2.24. The Morgan fingerprint density at radius 2 is 2.08 bits per heavy atom. The average molecular weight is 184 g/mol. The van der Waals surface area contributed by atoms with Crippen LogP contribution in [0.2, 0.25) is 0 Å². The SMILES string of the molecule is Cc1[nH]c([N+](=O)[O-])c(C)c1C(=O)O. The number of hydrogen-bond donors (Lipinski definition) is 2. The van der Waals surface area contributed by atoms with Crippen molar-refractivity contribution in [2.24, 2.45) is 0 Å². The fourth-order valence-corrected chi connectivity index (χ4v) is 1.24. The van der Waals surface area contributed by atoms with Gasteiger partial charge in [-0.1, -0.05) is 0 Å². The summed E-state index contributed by atoms with van der Waals surface area (Å²) in [6, 6.07) is 0. The van der Waals surface area contributed by atoms with Crippen molar-refractivity contribution in [1.82, 2.24) is 4.98 Å². The maximum absolute atomic E-state index is 10.6. The van der Waals surface area contributed by atoms with Gasteiger partial charge in [0.2, 0.25) is 0 Å². The van der Waals surface area contributed by atoms with Crippen LogP contribution in [0.3, 0.4) is 0 Å². The second-order valence-corrected chi connectivity index (χ2v) is 2.66. The molecular formula is C7H8N2O4. The lowest BCUT2D eigenvalue weighted by atomic mass is 10.1. The van der Waals surface area contributed by atoms with Crippen LogP contribution in [0.15, 0.2) is 0 Å². The molecule has 2 N–H and O–H groups in total. The fourth-order valence-electron chi connectivity index (χ4n) is 1.24. The van der Waals surface area contributed by atoms with E-state index >= 15 is 0 Å². The molecule has 70 valence electrons. The summed E-state index contributed by atoms with van der Waals surface area (Å²) >= 11 is 0. The Labute approximate surface area is 73.3 Å². The number of carbonyl (C=O) groups is 1. The maximum atomic E-state index is 10.6.